The molecule has 1 aliphatic heterocycles. The fourth-order valence-electron chi connectivity index (χ4n) is 3.06. The van der Waals surface area contributed by atoms with Crippen LogP contribution in [0.1, 0.15) is 11.1 Å². The molecule has 1 saturated heterocycles. The summed E-state index contributed by atoms with van der Waals surface area (Å²) in [6.07, 6.45) is -4.46. The lowest BCUT2D eigenvalue weighted by Crippen LogP contribution is -2.45. The van der Waals surface area contributed by atoms with Crippen LogP contribution in [-0.2, 0) is 15.1 Å². The van der Waals surface area contributed by atoms with Crippen LogP contribution in [0, 0.1) is 0 Å². The molecule has 2 aromatic rings. The molecular formula is C19H17F3N2O3. The molecule has 0 bridgehead atoms. The van der Waals surface area contributed by atoms with Crippen molar-refractivity contribution in [2.75, 3.05) is 19.8 Å². The Morgan fingerprint density at radius 3 is 1.93 bits per heavy atom. The Kier molecular flexibility index (Phi) is 5.18. The Labute approximate surface area is 153 Å². The molecule has 0 spiro atoms. The predicted octanol–water partition coefficient (Wildman–Crippen LogP) is 3.06. The zero-order valence-electron chi connectivity index (χ0n) is 14.2. The summed E-state index contributed by atoms with van der Waals surface area (Å²) in [5.41, 5.74) is -0.301. The Morgan fingerprint density at radius 2 is 1.44 bits per heavy atom. The summed E-state index contributed by atoms with van der Waals surface area (Å²) in [5, 5.41) is 2.72. The van der Waals surface area contributed by atoms with Gasteiger partial charge in [-0.25, -0.2) is 4.79 Å². The number of benzene rings is 2. The van der Waals surface area contributed by atoms with E-state index in [4.69, 9.17) is 0 Å². The van der Waals surface area contributed by atoms with Crippen LogP contribution in [0.3, 0.4) is 0 Å². The van der Waals surface area contributed by atoms with E-state index in [1.807, 2.05) is 0 Å². The van der Waals surface area contributed by atoms with E-state index in [0.29, 0.717) is 11.1 Å². The number of hydrogen-bond acceptors (Lipinski definition) is 3. The highest BCUT2D eigenvalue weighted by atomic mass is 19.4. The fraction of sp³-hybridized carbons (Fsp3) is 0.263. The molecule has 5 nitrogen and oxygen atoms in total. The zero-order chi connectivity index (χ0) is 19.5. The molecule has 0 aromatic heterocycles. The number of urea groups is 1. The number of carbonyl (C=O) groups is 2. The second-order valence-corrected chi connectivity index (χ2v) is 6.04. The van der Waals surface area contributed by atoms with Crippen molar-refractivity contribution in [3.63, 3.8) is 0 Å². The molecule has 2 aromatic carbocycles. The Hall–Kier alpha value is -2.87. The highest BCUT2D eigenvalue weighted by molar-refractivity contribution is 6.09. The number of carbonyl (C=O) groups excluding carboxylic acids is 2. The van der Waals surface area contributed by atoms with Gasteiger partial charge in [-0.15, -0.1) is 0 Å². The molecule has 8 heteroatoms. The molecule has 0 saturated carbocycles. The van der Waals surface area contributed by atoms with Crippen LogP contribution >= 0.6 is 0 Å². The molecule has 27 heavy (non-hydrogen) atoms. The van der Waals surface area contributed by atoms with Gasteiger partial charge < -0.3 is 10.1 Å². The van der Waals surface area contributed by atoms with Gasteiger partial charge in [-0.05, 0) is 11.1 Å². The molecule has 3 rings (SSSR count). The first-order valence-electron chi connectivity index (χ1n) is 8.24. The van der Waals surface area contributed by atoms with Gasteiger partial charge in [0, 0.05) is 0 Å². The number of halogens is 3. The van der Waals surface area contributed by atoms with Crippen LogP contribution < -0.4 is 5.32 Å². The molecule has 0 radical (unpaired) electrons. The topological polar surface area (TPSA) is 58.6 Å². The van der Waals surface area contributed by atoms with E-state index >= 15 is 0 Å². The van der Waals surface area contributed by atoms with Crippen molar-refractivity contribution in [2.45, 2.75) is 11.7 Å². The fourth-order valence-corrected chi connectivity index (χ4v) is 3.06. The van der Waals surface area contributed by atoms with Crippen LogP contribution in [0.4, 0.5) is 18.0 Å². The minimum absolute atomic E-state index is 0.276. The normalized spacial score (nSPS) is 16.5. The Balaban J connectivity index is 1.88. The number of hydrogen-bond donors (Lipinski definition) is 1. The standard InChI is InChI=1S/C19H17F3N2O3/c20-18(21,22)13-27-12-11-24-16(25)19(23-17(24)26,14-7-3-1-4-8-14)15-9-5-2-6-10-15/h1-10H,11-13H2,(H,23,26). The van der Waals surface area contributed by atoms with Gasteiger partial charge in [0.1, 0.15) is 6.61 Å². The lowest BCUT2D eigenvalue weighted by atomic mass is 9.82. The van der Waals surface area contributed by atoms with Crippen molar-refractivity contribution in [1.82, 2.24) is 10.2 Å². The number of nitrogens with one attached hydrogen (secondary N) is 1. The lowest BCUT2D eigenvalue weighted by molar-refractivity contribution is -0.174. The monoisotopic (exact) mass is 378 g/mol. The van der Waals surface area contributed by atoms with Gasteiger partial charge >= 0.3 is 12.2 Å². The summed E-state index contributed by atoms with van der Waals surface area (Å²) in [4.78, 5) is 26.5. The summed E-state index contributed by atoms with van der Waals surface area (Å²) in [7, 11) is 0. The highest BCUT2D eigenvalue weighted by Gasteiger charge is 2.53. The average Bonchev–Trinajstić information content (AvgIpc) is 2.91. The summed E-state index contributed by atoms with van der Waals surface area (Å²) >= 11 is 0. The van der Waals surface area contributed by atoms with Crippen molar-refractivity contribution in [3.8, 4) is 0 Å². The second-order valence-electron chi connectivity index (χ2n) is 6.04. The zero-order valence-corrected chi connectivity index (χ0v) is 14.2. The predicted molar refractivity (Wildman–Crippen MR) is 90.8 cm³/mol. The Morgan fingerprint density at radius 1 is 0.926 bits per heavy atom. The summed E-state index contributed by atoms with van der Waals surface area (Å²) in [5.74, 6) is -0.555. The first-order chi connectivity index (χ1) is 12.8. The maximum Gasteiger partial charge on any atom is 0.411 e. The molecule has 1 N–H and O–H groups in total. The molecule has 1 aliphatic rings. The SMILES string of the molecule is O=C1NC(c2ccccc2)(c2ccccc2)C(=O)N1CCOCC(F)(F)F. The van der Waals surface area contributed by atoms with E-state index in [0.717, 1.165) is 4.90 Å². The van der Waals surface area contributed by atoms with Gasteiger partial charge in [0.25, 0.3) is 5.91 Å². The van der Waals surface area contributed by atoms with Gasteiger partial charge in [0.2, 0.25) is 0 Å². The van der Waals surface area contributed by atoms with Gasteiger partial charge in [0.15, 0.2) is 5.54 Å². The number of ether oxygens (including phenoxy) is 1. The largest absolute Gasteiger partial charge is 0.411 e. The molecule has 0 aliphatic carbocycles. The average molecular weight is 378 g/mol. The second kappa shape index (κ2) is 7.40. The molecule has 142 valence electrons. The van der Waals surface area contributed by atoms with E-state index in [2.05, 4.69) is 10.1 Å². The minimum Gasteiger partial charge on any atom is -0.370 e. The van der Waals surface area contributed by atoms with Crippen LogP contribution in [0.5, 0.6) is 0 Å². The van der Waals surface area contributed by atoms with Crippen LogP contribution in [-0.4, -0.2) is 42.8 Å². The first-order valence-corrected chi connectivity index (χ1v) is 8.24. The van der Waals surface area contributed by atoms with Crippen molar-refractivity contribution in [1.29, 1.82) is 0 Å². The molecular weight excluding hydrogens is 361 g/mol. The Bertz CT molecular complexity index is 770. The maximum atomic E-state index is 13.2. The maximum absolute atomic E-state index is 13.2. The number of amides is 3. The highest BCUT2D eigenvalue weighted by Crippen LogP contribution is 2.35. The molecule has 0 atom stereocenters. The third-order valence-electron chi connectivity index (χ3n) is 4.24. The van der Waals surface area contributed by atoms with Gasteiger partial charge in [-0.1, -0.05) is 60.7 Å². The first kappa shape index (κ1) is 18.9. The smallest absolute Gasteiger partial charge is 0.370 e. The van der Waals surface area contributed by atoms with E-state index in [1.165, 1.54) is 0 Å². The van der Waals surface area contributed by atoms with Crippen LogP contribution in [0.2, 0.25) is 0 Å². The van der Waals surface area contributed by atoms with E-state index < -0.39 is 36.9 Å². The van der Waals surface area contributed by atoms with Crippen molar-refractivity contribution in [3.05, 3.63) is 71.8 Å². The molecule has 0 unspecified atom stereocenters. The van der Waals surface area contributed by atoms with Gasteiger partial charge in [-0.3, -0.25) is 9.69 Å². The van der Waals surface area contributed by atoms with Gasteiger partial charge in [-0.2, -0.15) is 13.2 Å². The van der Waals surface area contributed by atoms with E-state index in [1.54, 1.807) is 60.7 Å². The number of imide groups is 1. The third kappa shape index (κ3) is 3.80. The summed E-state index contributed by atoms with van der Waals surface area (Å²) in [6.45, 7) is -2.11. The minimum atomic E-state index is -4.46. The molecule has 3 amide bonds. The van der Waals surface area contributed by atoms with Crippen molar-refractivity contribution < 1.29 is 27.5 Å². The quantitative estimate of drug-likeness (QED) is 0.621. The van der Waals surface area contributed by atoms with Crippen molar-refractivity contribution in [2.24, 2.45) is 0 Å². The lowest BCUT2D eigenvalue weighted by Gasteiger charge is -2.28. The number of nitrogens with zero attached hydrogens (tertiary/aromatic N) is 1. The third-order valence-corrected chi connectivity index (χ3v) is 4.24. The van der Waals surface area contributed by atoms with Crippen molar-refractivity contribution >= 4 is 11.9 Å². The van der Waals surface area contributed by atoms with E-state index in [9.17, 15) is 22.8 Å². The van der Waals surface area contributed by atoms with Crippen LogP contribution in [0.15, 0.2) is 60.7 Å². The number of rotatable bonds is 6. The van der Waals surface area contributed by atoms with E-state index in [-0.39, 0.29) is 6.54 Å². The number of alkyl halides is 3. The molecule has 1 heterocycles. The van der Waals surface area contributed by atoms with Crippen LogP contribution in [0.25, 0.3) is 0 Å². The summed E-state index contributed by atoms with van der Waals surface area (Å²) in [6, 6.07) is 16.7. The molecule has 1 fully saturated rings. The van der Waals surface area contributed by atoms with Gasteiger partial charge in [0.05, 0.1) is 13.2 Å². The summed E-state index contributed by atoms with van der Waals surface area (Å²) < 4.78 is 41.1.